The number of halogens is 6. The van der Waals surface area contributed by atoms with Crippen molar-refractivity contribution >= 4 is 40.3 Å². The maximum absolute atomic E-state index is 14.4. The molecule has 0 spiro atoms. The third-order valence-corrected chi connectivity index (χ3v) is 5.56. The minimum absolute atomic E-state index is 0.0172. The predicted octanol–water partition coefficient (Wildman–Crippen LogP) is 5.51. The number of carbonyl (C=O) groups excluding carboxylic acids is 1. The van der Waals surface area contributed by atoms with Crippen molar-refractivity contribution in [3.63, 3.8) is 0 Å². The number of anilines is 1. The van der Waals surface area contributed by atoms with Crippen LogP contribution in [0.5, 0.6) is 17.4 Å². The molecule has 8 nitrogen and oxygen atoms in total. The lowest BCUT2D eigenvalue weighted by Crippen LogP contribution is -2.34. The minimum atomic E-state index is -4.74. The van der Waals surface area contributed by atoms with E-state index in [1.165, 1.54) is 36.5 Å². The first-order valence-electron chi connectivity index (χ1n) is 11.0. The zero-order valence-corrected chi connectivity index (χ0v) is 21.0. The topological polar surface area (TPSA) is 87.5 Å². The zero-order valence-electron chi connectivity index (χ0n) is 20.3. The minimum Gasteiger partial charge on any atom is -0.480 e. The molecule has 1 heterocycles. The van der Waals surface area contributed by atoms with Crippen molar-refractivity contribution in [2.45, 2.75) is 26.1 Å². The summed E-state index contributed by atoms with van der Waals surface area (Å²) in [5.41, 5.74) is 0.206. The van der Waals surface area contributed by atoms with E-state index >= 15 is 0 Å². The van der Waals surface area contributed by atoms with Gasteiger partial charge in [-0.3, -0.25) is 14.7 Å². The smallest absolute Gasteiger partial charge is 0.425 e. The van der Waals surface area contributed by atoms with E-state index in [9.17, 15) is 31.9 Å². The lowest BCUT2D eigenvalue weighted by Gasteiger charge is -2.23. The number of likely N-dealkylation sites (N-methyl/N-ethyl adjacent to an activating group) is 1. The van der Waals surface area contributed by atoms with Gasteiger partial charge in [-0.1, -0.05) is 11.6 Å². The lowest BCUT2D eigenvalue weighted by atomic mass is 10.1. The maximum atomic E-state index is 14.4. The number of ether oxygens (including phenoxy) is 2. The molecule has 38 heavy (non-hydrogen) atoms. The summed E-state index contributed by atoms with van der Waals surface area (Å²) < 4.78 is 78.8. The number of fused-ring (bicyclic) bond motifs is 1. The summed E-state index contributed by atoms with van der Waals surface area (Å²) in [6.45, 7) is 2.07. The number of amidine groups is 1. The Kier molecular flexibility index (Phi) is 8.94. The molecule has 2 aromatic carbocycles. The van der Waals surface area contributed by atoms with Crippen LogP contribution in [0.25, 0.3) is 10.8 Å². The van der Waals surface area contributed by atoms with E-state index in [0.29, 0.717) is 12.5 Å². The van der Waals surface area contributed by atoms with Gasteiger partial charge in [0.25, 0.3) is 0 Å². The fourth-order valence-corrected chi connectivity index (χ4v) is 3.53. The van der Waals surface area contributed by atoms with Gasteiger partial charge in [0.2, 0.25) is 12.3 Å². The molecule has 0 radical (unpaired) electrons. The summed E-state index contributed by atoms with van der Waals surface area (Å²) in [4.78, 5) is 16.4. The summed E-state index contributed by atoms with van der Waals surface area (Å²) in [5, 5.41) is 14.8. The van der Waals surface area contributed by atoms with E-state index in [2.05, 4.69) is 10.1 Å². The number of aromatic nitrogens is 1. The number of alkyl halides is 3. The summed E-state index contributed by atoms with van der Waals surface area (Å²) in [6.07, 6.45) is -5.29. The maximum Gasteiger partial charge on any atom is 0.425 e. The van der Waals surface area contributed by atoms with Crippen molar-refractivity contribution in [1.82, 2.24) is 9.88 Å². The van der Waals surface area contributed by atoms with Gasteiger partial charge in [-0.05, 0) is 37.4 Å². The lowest BCUT2D eigenvalue weighted by molar-refractivity contribution is -0.189. The Hall–Kier alpha value is -3.71. The van der Waals surface area contributed by atoms with Crippen molar-refractivity contribution in [3.8, 4) is 17.4 Å². The first kappa shape index (κ1) is 28.9. The van der Waals surface area contributed by atoms with E-state index in [4.69, 9.17) is 21.1 Å². The Morgan fingerprint density at radius 1 is 1.26 bits per heavy atom. The van der Waals surface area contributed by atoms with Crippen LogP contribution in [0.3, 0.4) is 0 Å². The van der Waals surface area contributed by atoms with Gasteiger partial charge < -0.3 is 14.6 Å². The molecule has 3 rings (SSSR count). The fraction of sp³-hybridized carbons (Fsp3) is 0.292. The SMILES string of the molecule is CCN(C=O)/C(CO)=N\N(C)c1cc(OC(C)C(F)(F)F)c2c(Oc3c(F)cc(F)cc3Cl)nccc2c1. The molecule has 204 valence electrons. The van der Waals surface area contributed by atoms with Crippen LogP contribution in [0.2, 0.25) is 5.02 Å². The Morgan fingerprint density at radius 2 is 1.97 bits per heavy atom. The summed E-state index contributed by atoms with van der Waals surface area (Å²) in [7, 11) is 1.44. The predicted molar refractivity (Wildman–Crippen MR) is 131 cm³/mol. The number of pyridine rings is 1. The third kappa shape index (κ3) is 6.40. The van der Waals surface area contributed by atoms with Gasteiger partial charge in [0, 0.05) is 31.9 Å². The van der Waals surface area contributed by atoms with Gasteiger partial charge in [0.15, 0.2) is 23.5 Å². The number of amides is 1. The van der Waals surface area contributed by atoms with Gasteiger partial charge in [-0.15, -0.1) is 0 Å². The van der Waals surface area contributed by atoms with Crippen molar-refractivity contribution in [1.29, 1.82) is 0 Å². The Balaban J connectivity index is 2.19. The fourth-order valence-electron chi connectivity index (χ4n) is 3.30. The number of aliphatic hydroxyl groups is 1. The standard InChI is InChI=1S/C24H22ClF5N4O4/c1-4-34(12-36)20(11-35)32-33(3)16-7-14-5-6-31-23(38-22-17(25)8-15(26)9-18(22)27)21(14)19(10-16)37-13(2)24(28,29)30/h5-10,12-13,35H,4,11H2,1-3H3/b32-20-. The van der Waals surface area contributed by atoms with E-state index < -0.39 is 41.3 Å². The molecule has 1 atom stereocenters. The molecule has 3 aromatic rings. The average Bonchev–Trinajstić information content (AvgIpc) is 2.85. The number of benzene rings is 2. The van der Waals surface area contributed by atoms with Crippen LogP contribution in [-0.4, -0.2) is 59.7 Å². The van der Waals surface area contributed by atoms with Gasteiger partial charge in [0.05, 0.1) is 16.1 Å². The van der Waals surface area contributed by atoms with E-state index in [0.717, 1.165) is 17.9 Å². The Labute approximate surface area is 218 Å². The highest BCUT2D eigenvalue weighted by atomic mass is 35.5. The van der Waals surface area contributed by atoms with Gasteiger partial charge in [-0.2, -0.15) is 18.3 Å². The van der Waals surface area contributed by atoms with Gasteiger partial charge in [0.1, 0.15) is 18.2 Å². The van der Waals surface area contributed by atoms with Crippen molar-refractivity contribution in [2.24, 2.45) is 5.10 Å². The number of carbonyl (C=O) groups is 1. The Morgan fingerprint density at radius 3 is 2.55 bits per heavy atom. The monoisotopic (exact) mass is 560 g/mol. The molecular weight excluding hydrogens is 539 g/mol. The number of nitrogens with zero attached hydrogens (tertiary/aromatic N) is 4. The van der Waals surface area contributed by atoms with Crippen LogP contribution in [0, 0.1) is 11.6 Å². The molecule has 14 heteroatoms. The normalized spacial score (nSPS) is 12.8. The Bertz CT molecular complexity index is 1330. The summed E-state index contributed by atoms with van der Waals surface area (Å²) >= 11 is 5.91. The molecule has 1 unspecified atom stereocenters. The van der Waals surface area contributed by atoms with Crippen molar-refractivity contribution < 1.29 is 41.3 Å². The molecule has 1 amide bonds. The first-order chi connectivity index (χ1) is 17.9. The number of rotatable bonds is 9. The second-order valence-electron chi connectivity index (χ2n) is 7.85. The number of aliphatic hydroxyl groups excluding tert-OH is 1. The molecule has 0 fully saturated rings. The van der Waals surface area contributed by atoms with E-state index in [1.807, 2.05) is 0 Å². The third-order valence-electron chi connectivity index (χ3n) is 5.28. The van der Waals surface area contributed by atoms with Crippen LogP contribution >= 0.6 is 11.6 Å². The number of hydrogen-bond acceptors (Lipinski definition) is 7. The molecule has 0 saturated heterocycles. The molecule has 1 N–H and O–H groups in total. The van der Waals surface area contributed by atoms with Crippen LogP contribution in [0.1, 0.15) is 13.8 Å². The van der Waals surface area contributed by atoms with Gasteiger partial charge >= 0.3 is 6.18 Å². The highest BCUT2D eigenvalue weighted by Crippen LogP contribution is 2.41. The van der Waals surface area contributed by atoms with Crippen LogP contribution in [-0.2, 0) is 4.79 Å². The van der Waals surface area contributed by atoms with E-state index in [-0.39, 0.29) is 40.5 Å². The van der Waals surface area contributed by atoms with E-state index in [1.54, 1.807) is 6.92 Å². The number of hydrogen-bond donors (Lipinski definition) is 1. The molecular formula is C24H22ClF5N4O4. The molecule has 0 saturated carbocycles. The second-order valence-corrected chi connectivity index (χ2v) is 8.26. The molecule has 0 aliphatic heterocycles. The highest BCUT2D eigenvalue weighted by molar-refractivity contribution is 6.32. The van der Waals surface area contributed by atoms with Crippen molar-refractivity contribution in [2.75, 3.05) is 25.2 Å². The number of hydrazone groups is 1. The molecule has 1 aromatic heterocycles. The van der Waals surface area contributed by atoms with Crippen LogP contribution in [0.15, 0.2) is 41.6 Å². The summed E-state index contributed by atoms with van der Waals surface area (Å²) in [5.74, 6) is -3.42. The van der Waals surface area contributed by atoms with Gasteiger partial charge in [-0.25, -0.2) is 13.8 Å². The molecule has 0 aliphatic carbocycles. The molecule has 0 aliphatic rings. The first-order valence-corrected chi connectivity index (χ1v) is 11.4. The highest BCUT2D eigenvalue weighted by Gasteiger charge is 2.38. The van der Waals surface area contributed by atoms with Crippen LogP contribution in [0.4, 0.5) is 27.6 Å². The molecule has 0 bridgehead atoms. The van der Waals surface area contributed by atoms with Crippen LogP contribution < -0.4 is 14.5 Å². The largest absolute Gasteiger partial charge is 0.480 e. The zero-order chi connectivity index (χ0) is 28.2. The van der Waals surface area contributed by atoms with Crippen molar-refractivity contribution in [3.05, 3.63) is 53.2 Å². The average molecular weight is 561 g/mol. The quantitative estimate of drug-likeness (QED) is 0.122. The summed E-state index contributed by atoms with van der Waals surface area (Å²) in [6, 6.07) is 5.47. The second kappa shape index (κ2) is 11.8.